The Morgan fingerprint density at radius 2 is 0.565 bits per heavy atom. The van der Waals surface area contributed by atoms with Gasteiger partial charge in [-0.2, -0.15) is 19.9 Å². The van der Waals surface area contributed by atoms with Crippen LogP contribution in [0.3, 0.4) is 0 Å². The van der Waals surface area contributed by atoms with Crippen LogP contribution in [0, 0.1) is 0 Å². The average Bonchev–Trinajstić information content (AvgIpc) is 1.67. The third kappa shape index (κ3) is 29.2. The van der Waals surface area contributed by atoms with Crippen molar-refractivity contribution < 1.29 is 90.8 Å². The van der Waals surface area contributed by atoms with E-state index in [0.29, 0.717) is 150 Å². The number of likely N-dealkylation sites (N-methyl/N-ethyl adjacent to an activating group) is 2. The van der Waals surface area contributed by atoms with Crippen molar-refractivity contribution in [1.82, 2.24) is 104 Å². The number of hydrogen-bond donors (Lipinski definition) is 8. The number of nitrogens with one attached hydrogen (secondary N) is 8. The van der Waals surface area contributed by atoms with Gasteiger partial charge >= 0.3 is 25.4 Å². The summed E-state index contributed by atoms with van der Waals surface area (Å²) in [5, 5.41) is 42.1. The zero-order chi connectivity index (χ0) is 104. The number of carbonyl (C=O) groups excluding carboxylic acids is 4. The van der Waals surface area contributed by atoms with Gasteiger partial charge in [0.2, 0.25) is 23.8 Å². The number of ether oxygens (including phenoxy) is 4. The van der Waals surface area contributed by atoms with E-state index < -0.39 is 25.4 Å². The largest absolute Gasteiger partial charge is 0.573 e. The Balaban J connectivity index is 0.000000141. The summed E-state index contributed by atoms with van der Waals surface area (Å²) in [5.74, 6) is -0.377. The van der Waals surface area contributed by atoms with Crippen molar-refractivity contribution in [2.24, 2.45) is 0 Å². The Morgan fingerprint density at radius 3 is 0.844 bits per heavy atom. The minimum Gasteiger partial charge on any atom is -0.406 e. The number of anilines is 8. The number of piperazine rings is 2. The van der Waals surface area contributed by atoms with E-state index >= 15 is 0 Å². The molecule has 19 rings (SSSR count). The van der Waals surface area contributed by atoms with E-state index in [1.54, 1.807) is 195 Å². The first kappa shape index (κ1) is 103. The highest BCUT2D eigenvalue weighted by Gasteiger charge is 2.35. The fraction of sp³-hybridized carbons (Fsp3) is 0.255. The summed E-state index contributed by atoms with van der Waals surface area (Å²) in [7, 11) is 7.89. The van der Waals surface area contributed by atoms with Crippen LogP contribution in [0.15, 0.2) is 267 Å². The maximum Gasteiger partial charge on any atom is 0.573 e. The molecule has 4 amide bonds. The molecule has 147 heavy (non-hydrogen) atoms. The highest BCUT2D eigenvalue weighted by molar-refractivity contribution is 5.96. The first-order valence-electron chi connectivity index (χ1n) is 46.5. The van der Waals surface area contributed by atoms with Crippen LogP contribution in [-0.4, -0.2) is 258 Å². The monoisotopic (exact) mass is 2030 g/mol. The zero-order valence-electron chi connectivity index (χ0n) is 79.4. The summed E-state index contributed by atoms with van der Waals surface area (Å²) >= 11 is 0. The Morgan fingerprint density at radius 1 is 0.306 bits per heavy atom. The molecule has 0 spiro atoms. The van der Waals surface area contributed by atoms with Crippen LogP contribution in [0.1, 0.15) is 60.7 Å². The number of hydrogen-bond acceptors (Lipinski definition) is 25. The van der Waals surface area contributed by atoms with E-state index in [-0.39, 0.29) is 52.7 Å². The first-order chi connectivity index (χ1) is 70.5. The molecule has 3 fully saturated rings. The number of benzene rings is 8. The molecule has 0 radical (unpaired) electrons. The maximum atomic E-state index is 12.6. The maximum absolute atomic E-state index is 12.6. The third-order valence-electron chi connectivity index (χ3n) is 23.7. The fourth-order valence-electron chi connectivity index (χ4n) is 16.1. The second-order valence-corrected chi connectivity index (χ2v) is 34.3. The number of rotatable bonds is 28. The van der Waals surface area contributed by atoms with Crippen molar-refractivity contribution in [3.05, 3.63) is 289 Å². The van der Waals surface area contributed by atoms with Crippen LogP contribution >= 0.6 is 0 Å². The smallest absolute Gasteiger partial charge is 0.406 e. The van der Waals surface area contributed by atoms with E-state index in [4.69, 9.17) is 0 Å². The van der Waals surface area contributed by atoms with E-state index in [9.17, 15) is 71.9 Å². The zero-order valence-corrected chi connectivity index (χ0v) is 79.4. The molecule has 3 saturated heterocycles. The number of halogens is 12. The van der Waals surface area contributed by atoms with Crippen LogP contribution in [0.2, 0.25) is 0 Å². The molecule has 45 heteroatoms. The molecule has 3 aliphatic heterocycles. The summed E-state index contributed by atoms with van der Waals surface area (Å²) in [6.45, 7) is 13.3. The summed E-state index contributed by atoms with van der Waals surface area (Å²) in [6.07, 6.45) is -16.2. The molecule has 0 atom stereocenters. The van der Waals surface area contributed by atoms with Gasteiger partial charge in [0.25, 0.3) is 23.6 Å². The Bertz CT molecular complexity index is 7140. The molecule has 0 aliphatic carbocycles. The molecule has 8 aromatic heterocycles. The number of pyridine rings is 4. The molecule has 0 unspecified atom stereocenters. The standard InChI is InChI=1S/C28H30F3N7O2.C27H28F3N7O2.C26H25F3N6O2.C21H16F3N5O2/c1-36-16-18-37(19-17-36)15-3-14-32-26(39)21-6-10-22(11-7-21)33-27-34-25-5-2-4-24(38(25)35-27)20-8-12-23(13-9-20)40-28(29,30)31;1-35-15-17-36(18-16-35)14-13-31-25(38)20-5-9-21(10-6-20)32-26-33-24-4-2-3-23(37(24)34-26)19-7-11-22(12-8-19)39-27(28,29)30;1-34-15-13-20(14-16-34)30-24(36)18-5-9-19(10-6-18)31-25-32-23-4-2-3-22(35(23)33-25)17-7-11-21(12-8-17)37-26(27,28)29;1-25-19(30)14-5-9-15(10-6-14)26-20-27-18-4-2-3-17(29(18)28-20)13-7-11-16(12-8-13)31-21(22,23)24/h2,4-13H,3,14-19H2,1H3,(H,32,39)(H,33,35);2-12H,13-18H2,1H3,(H,31,38)(H,32,34);2-12,20H,13-16H2,1H3,(H,30,36)(H,31,33);2-12H,1H3,(H,25,30)(H,26,28). The van der Waals surface area contributed by atoms with Crippen molar-refractivity contribution in [2.75, 3.05) is 141 Å². The predicted octanol–water partition coefficient (Wildman–Crippen LogP) is 17.7. The highest BCUT2D eigenvalue weighted by Crippen LogP contribution is 2.35. The van der Waals surface area contributed by atoms with E-state index in [0.717, 1.165) is 97.8 Å². The van der Waals surface area contributed by atoms with Crippen molar-refractivity contribution in [1.29, 1.82) is 0 Å². The summed E-state index contributed by atoms with van der Waals surface area (Å²) in [5.41, 5.74) is 12.4. The highest BCUT2D eigenvalue weighted by atomic mass is 19.4. The van der Waals surface area contributed by atoms with Crippen LogP contribution in [0.5, 0.6) is 23.0 Å². The Labute approximate surface area is 832 Å². The number of carbonyl (C=O) groups is 4. The minimum atomic E-state index is -4.75. The number of alkyl halides is 12. The number of aromatic nitrogens is 12. The molecule has 16 aromatic rings. The number of piperidine rings is 1. The lowest BCUT2D eigenvalue weighted by atomic mass is 10.0. The number of amides is 4. The molecule has 8 N–H and O–H groups in total. The fourth-order valence-corrected chi connectivity index (χ4v) is 16.1. The Kier molecular flexibility index (Phi) is 32.7. The summed E-state index contributed by atoms with van der Waals surface area (Å²) in [4.78, 5) is 78.9. The lowest BCUT2D eigenvalue weighted by Crippen LogP contribution is -2.46. The molecule has 11 heterocycles. The SMILES string of the molecule is CN1CCC(NC(=O)c2ccc(Nc3nc4cccc(-c5ccc(OC(F)(F)F)cc5)n4n3)cc2)CC1.CN1CCN(CCCNC(=O)c2ccc(Nc3nc4cccc(-c5ccc(OC(F)(F)F)cc5)n4n3)cc2)CC1.CN1CCN(CCNC(=O)c2ccc(Nc3nc4cccc(-c5ccc(OC(F)(F)F)cc5)n4n3)cc2)CC1.CNC(=O)c1ccc(Nc2nc3cccc(-c4ccc(OC(F)(F)F)cc4)n3n2)cc1. The lowest BCUT2D eigenvalue weighted by Gasteiger charge is -2.32. The third-order valence-corrected chi connectivity index (χ3v) is 23.7. The van der Waals surface area contributed by atoms with Gasteiger partial charge in [-0.25, -0.2) is 18.1 Å². The molecule has 3 aliphatic rings. The summed E-state index contributed by atoms with van der Waals surface area (Å²) in [6, 6.07) is 71.8. The number of likely N-dealkylation sites (tertiary alicyclic amines) is 1. The summed E-state index contributed by atoms with van der Waals surface area (Å²) < 4.78 is 171. The van der Waals surface area contributed by atoms with Gasteiger partial charge in [-0.15, -0.1) is 73.1 Å². The average molecular weight is 2030 g/mol. The topological polar surface area (TPSA) is 338 Å². The van der Waals surface area contributed by atoms with Crippen LogP contribution < -0.4 is 61.5 Å². The number of nitrogens with zero attached hydrogens (tertiary/aromatic N) is 17. The molecule has 33 nitrogen and oxygen atoms in total. The molecule has 8 aromatic carbocycles. The van der Waals surface area contributed by atoms with Crippen LogP contribution in [0.25, 0.3) is 67.6 Å². The molecular formula is C102H99F12N25O8. The minimum absolute atomic E-state index is 0.0942. The second kappa shape index (κ2) is 46.5. The van der Waals surface area contributed by atoms with Crippen LogP contribution in [-0.2, 0) is 0 Å². The van der Waals surface area contributed by atoms with Crippen molar-refractivity contribution in [3.8, 4) is 68.0 Å². The van der Waals surface area contributed by atoms with E-state index in [2.05, 4.69) is 147 Å². The van der Waals surface area contributed by atoms with Gasteiger partial charge in [0.05, 0.1) is 22.8 Å². The molecule has 764 valence electrons. The quantitative estimate of drug-likeness (QED) is 0.0167. The van der Waals surface area contributed by atoms with Crippen molar-refractivity contribution in [3.63, 3.8) is 0 Å². The van der Waals surface area contributed by atoms with Crippen molar-refractivity contribution >= 4 is 92.8 Å². The normalized spacial score (nSPS) is 14.1. The van der Waals surface area contributed by atoms with Gasteiger partial charge in [0.15, 0.2) is 22.6 Å². The molecule has 0 saturated carbocycles. The van der Waals surface area contributed by atoms with Crippen molar-refractivity contribution in [2.45, 2.75) is 50.8 Å². The molecule has 0 bridgehead atoms. The van der Waals surface area contributed by atoms with Gasteiger partial charge < -0.3 is 81.1 Å². The molecular weight excluding hydrogens is 1930 g/mol. The number of fused-ring (bicyclic) bond motifs is 4. The lowest BCUT2D eigenvalue weighted by molar-refractivity contribution is -0.275. The van der Waals surface area contributed by atoms with Gasteiger partial charge in [0, 0.05) is 152 Å². The van der Waals surface area contributed by atoms with E-state index in [1.807, 2.05) is 0 Å². The second-order valence-electron chi connectivity index (χ2n) is 34.3. The first-order valence-corrected chi connectivity index (χ1v) is 46.5. The van der Waals surface area contributed by atoms with Gasteiger partial charge in [-0.05, 0) is 303 Å². The van der Waals surface area contributed by atoms with Gasteiger partial charge in [0.1, 0.15) is 23.0 Å². The predicted molar refractivity (Wildman–Crippen MR) is 528 cm³/mol. The van der Waals surface area contributed by atoms with Gasteiger partial charge in [-0.1, -0.05) is 24.3 Å². The van der Waals surface area contributed by atoms with E-state index in [1.165, 1.54) is 97.1 Å². The van der Waals surface area contributed by atoms with Gasteiger partial charge in [-0.3, -0.25) is 24.1 Å². The van der Waals surface area contributed by atoms with Crippen LogP contribution in [0.4, 0.5) is 99.2 Å². The Hall–Kier alpha value is -16.5.